The minimum absolute atomic E-state index is 0.0663. The van der Waals surface area contributed by atoms with Gasteiger partial charge in [0.05, 0.1) is 6.26 Å². The van der Waals surface area contributed by atoms with Crippen LogP contribution in [0, 0.1) is 6.92 Å². The van der Waals surface area contributed by atoms with E-state index in [1.807, 2.05) is 23.4 Å². The summed E-state index contributed by atoms with van der Waals surface area (Å²) in [5.74, 6) is 2.84. The van der Waals surface area contributed by atoms with Gasteiger partial charge < -0.3 is 24.1 Å². The molecule has 0 aromatic carbocycles. The van der Waals surface area contributed by atoms with Gasteiger partial charge in [-0.2, -0.15) is 0 Å². The van der Waals surface area contributed by atoms with Crippen LogP contribution in [0.2, 0.25) is 0 Å². The van der Waals surface area contributed by atoms with Crippen molar-refractivity contribution >= 4 is 23.2 Å². The number of carbonyl (C=O) groups is 1. The average Bonchev–Trinajstić information content (AvgIpc) is 3.55. The molecule has 10 heteroatoms. The van der Waals surface area contributed by atoms with E-state index < -0.39 is 0 Å². The molecule has 0 bridgehead atoms. The highest BCUT2D eigenvalue weighted by Crippen LogP contribution is 2.11. The van der Waals surface area contributed by atoms with Gasteiger partial charge in [-0.25, -0.2) is 4.99 Å². The van der Waals surface area contributed by atoms with Gasteiger partial charge in [0.15, 0.2) is 17.5 Å². The largest absolute Gasteiger partial charge is 0.459 e. The summed E-state index contributed by atoms with van der Waals surface area (Å²) < 4.78 is 7.21. The molecule has 3 aromatic heterocycles. The Morgan fingerprint density at radius 1 is 1.19 bits per heavy atom. The van der Waals surface area contributed by atoms with Crippen molar-refractivity contribution in [1.82, 2.24) is 29.9 Å². The molecule has 0 spiro atoms. The summed E-state index contributed by atoms with van der Waals surface area (Å²) in [6.45, 7) is 5.81. The summed E-state index contributed by atoms with van der Waals surface area (Å²) in [5, 5.41) is 13.9. The van der Waals surface area contributed by atoms with Crippen LogP contribution in [-0.2, 0) is 20.0 Å². The van der Waals surface area contributed by atoms with Crippen LogP contribution in [0.15, 0.2) is 45.3 Å². The van der Waals surface area contributed by atoms with Crippen molar-refractivity contribution in [1.29, 1.82) is 0 Å². The average molecular weight is 442 g/mol. The maximum Gasteiger partial charge on any atom is 0.289 e. The van der Waals surface area contributed by atoms with Gasteiger partial charge in [0.2, 0.25) is 0 Å². The number of hydrogen-bond acceptors (Lipinski definition) is 6. The normalized spacial score (nSPS) is 14.8. The molecule has 31 heavy (non-hydrogen) atoms. The summed E-state index contributed by atoms with van der Waals surface area (Å²) in [6.07, 6.45) is 2.47. The maximum absolute atomic E-state index is 12.5. The number of furan rings is 1. The molecule has 164 valence electrons. The lowest BCUT2D eigenvalue weighted by Gasteiger charge is -2.36. The van der Waals surface area contributed by atoms with E-state index in [0.29, 0.717) is 38.5 Å². The molecule has 4 heterocycles. The zero-order valence-corrected chi connectivity index (χ0v) is 18.6. The van der Waals surface area contributed by atoms with Crippen LogP contribution < -0.4 is 5.32 Å². The number of guanidine groups is 1. The van der Waals surface area contributed by atoms with Crippen molar-refractivity contribution in [2.75, 3.05) is 32.7 Å². The van der Waals surface area contributed by atoms with Gasteiger partial charge in [0.1, 0.15) is 12.4 Å². The third-order valence-electron chi connectivity index (χ3n) is 5.39. The smallest absolute Gasteiger partial charge is 0.289 e. The quantitative estimate of drug-likeness (QED) is 0.464. The third kappa shape index (κ3) is 5.13. The number of rotatable bonds is 6. The lowest BCUT2D eigenvalue weighted by atomic mass is 10.3. The van der Waals surface area contributed by atoms with Crippen molar-refractivity contribution in [3.63, 3.8) is 0 Å². The van der Waals surface area contributed by atoms with E-state index in [-0.39, 0.29) is 5.91 Å². The molecule has 0 unspecified atom stereocenters. The van der Waals surface area contributed by atoms with Crippen LogP contribution in [-0.4, -0.2) is 69.2 Å². The molecule has 0 aliphatic carbocycles. The van der Waals surface area contributed by atoms with Crippen LogP contribution in [0.5, 0.6) is 0 Å². The molecule has 0 atom stereocenters. The predicted molar refractivity (Wildman–Crippen MR) is 119 cm³/mol. The standard InChI is InChI=1S/C21H27N7O2S/c1-16-24-25-19(26(16)2)15-23-21(22-8-7-17-5-4-14-31-17)28-11-9-27(10-12-28)20(29)18-6-3-13-30-18/h3-6,13-14H,7-12,15H2,1-2H3,(H,22,23). The fourth-order valence-corrected chi connectivity index (χ4v) is 4.14. The molecule has 0 saturated carbocycles. The second-order valence-electron chi connectivity index (χ2n) is 7.37. The van der Waals surface area contributed by atoms with E-state index in [9.17, 15) is 4.79 Å². The second-order valence-corrected chi connectivity index (χ2v) is 8.41. The number of aromatic nitrogens is 3. The molecular formula is C21H27N7O2S. The Labute approximate surface area is 185 Å². The van der Waals surface area contributed by atoms with E-state index in [4.69, 9.17) is 9.41 Å². The molecule has 1 fully saturated rings. The first-order valence-electron chi connectivity index (χ1n) is 10.3. The molecule has 3 aromatic rings. The van der Waals surface area contributed by atoms with Crippen molar-refractivity contribution < 1.29 is 9.21 Å². The summed E-state index contributed by atoms with van der Waals surface area (Å²) in [7, 11) is 1.95. The first kappa shape index (κ1) is 21.1. The first-order valence-corrected chi connectivity index (χ1v) is 11.2. The van der Waals surface area contributed by atoms with Gasteiger partial charge in [-0.15, -0.1) is 21.5 Å². The van der Waals surface area contributed by atoms with Gasteiger partial charge in [-0.3, -0.25) is 4.79 Å². The Morgan fingerprint density at radius 3 is 2.65 bits per heavy atom. The number of nitrogens with one attached hydrogen (secondary N) is 1. The zero-order chi connectivity index (χ0) is 21.6. The summed E-state index contributed by atoms with van der Waals surface area (Å²) in [5.41, 5.74) is 0. The van der Waals surface area contributed by atoms with Crippen molar-refractivity contribution in [2.24, 2.45) is 12.0 Å². The van der Waals surface area contributed by atoms with Crippen LogP contribution in [0.1, 0.15) is 27.1 Å². The molecule has 1 aliphatic rings. The molecule has 1 N–H and O–H groups in total. The molecule has 9 nitrogen and oxygen atoms in total. The highest BCUT2D eigenvalue weighted by molar-refractivity contribution is 7.09. The molecule has 0 radical (unpaired) electrons. The number of nitrogens with zero attached hydrogens (tertiary/aromatic N) is 6. The first-order chi connectivity index (χ1) is 15.1. The van der Waals surface area contributed by atoms with Crippen molar-refractivity contribution in [3.8, 4) is 0 Å². The van der Waals surface area contributed by atoms with E-state index in [0.717, 1.165) is 30.6 Å². The van der Waals surface area contributed by atoms with Crippen molar-refractivity contribution in [2.45, 2.75) is 19.9 Å². The Kier molecular flexibility index (Phi) is 6.66. The minimum atomic E-state index is -0.0663. The van der Waals surface area contributed by atoms with Crippen molar-refractivity contribution in [3.05, 3.63) is 58.2 Å². The van der Waals surface area contributed by atoms with Gasteiger partial charge in [-0.05, 0) is 36.9 Å². The Bertz CT molecular complexity index is 1000. The SMILES string of the molecule is Cc1nnc(CN=C(NCCc2cccs2)N2CCN(C(=O)c3ccco3)CC2)n1C. The molecule has 1 saturated heterocycles. The van der Waals surface area contributed by atoms with E-state index in [1.54, 1.807) is 23.5 Å². The summed E-state index contributed by atoms with van der Waals surface area (Å²) in [4.78, 5) is 22.7. The Hall–Kier alpha value is -3.14. The van der Waals surface area contributed by atoms with Crippen LogP contribution in [0.3, 0.4) is 0 Å². The van der Waals surface area contributed by atoms with Crippen LogP contribution >= 0.6 is 11.3 Å². The van der Waals surface area contributed by atoms with E-state index >= 15 is 0 Å². The fraction of sp³-hybridized carbons (Fsp3) is 0.429. The topological polar surface area (TPSA) is 91.8 Å². The minimum Gasteiger partial charge on any atom is -0.459 e. The fourth-order valence-electron chi connectivity index (χ4n) is 3.43. The third-order valence-corrected chi connectivity index (χ3v) is 6.32. The second kappa shape index (κ2) is 9.78. The van der Waals surface area contributed by atoms with Crippen LogP contribution in [0.4, 0.5) is 0 Å². The number of piperazine rings is 1. The number of aryl methyl sites for hydroxylation is 1. The number of carbonyl (C=O) groups excluding carboxylic acids is 1. The monoisotopic (exact) mass is 441 g/mol. The Balaban J connectivity index is 1.40. The summed E-state index contributed by atoms with van der Waals surface area (Å²) >= 11 is 1.76. The van der Waals surface area contributed by atoms with E-state index in [1.165, 1.54) is 11.1 Å². The molecule has 4 rings (SSSR count). The Morgan fingerprint density at radius 2 is 2.00 bits per heavy atom. The number of thiophene rings is 1. The highest BCUT2D eigenvalue weighted by Gasteiger charge is 2.25. The van der Waals surface area contributed by atoms with Crippen LogP contribution in [0.25, 0.3) is 0 Å². The van der Waals surface area contributed by atoms with Gasteiger partial charge in [0.25, 0.3) is 5.91 Å². The number of aliphatic imine (C=N–C) groups is 1. The molecule has 1 aliphatic heterocycles. The highest BCUT2D eigenvalue weighted by atomic mass is 32.1. The maximum atomic E-state index is 12.5. The van der Waals surface area contributed by atoms with Gasteiger partial charge in [-0.1, -0.05) is 6.07 Å². The number of hydrogen-bond donors (Lipinski definition) is 1. The lowest BCUT2D eigenvalue weighted by Crippen LogP contribution is -2.54. The zero-order valence-electron chi connectivity index (χ0n) is 17.8. The summed E-state index contributed by atoms with van der Waals surface area (Å²) in [6, 6.07) is 7.65. The molecular weight excluding hydrogens is 414 g/mol. The number of amides is 1. The molecule has 1 amide bonds. The predicted octanol–water partition coefficient (Wildman–Crippen LogP) is 1.92. The van der Waals surface area contributed by atoms with Gasteiger partial charge in [0, 0.05) is 44.6 Å². The lowest BCUT2D eigenvalue weighted by molar-refractivity contribution is 0.0657. The van der Waals surface area contributed by atoms with E-state index in [2.05, 4.69) is 37.9 Å². The van der Waals surface area contributed by atoms with Gasteiger partial charge >= 0.3 is 0 Å².